The lowest BCUT2D eigenvalue weighted by atomic mass is 10.1. The van der Waals surface area contributed by atoms with Crippen LogP contribution in [0, 0.1) is 0 Å². The summed E-state index contributed by atoms with van der Waals surface area (Å²) in [7, 11) is 0. The van der Waals surface area contributed by atoms with Gasteiger partial charge >= 0.3 is 5.63 Å². The lowest BCUT2D eigenvalue weighted by Crippen LogP contribution is -2.02. The SMILES string of the molecule is O=c1oc2ccccc2cc1-c1csc(N/N=C\c2c[nH]c3ccccc23)n1. The number of anilines is 1. The van der Waals surface area contributed by atoms with Gasteiger partial charge in [0.15, 0.2) is 0 Å². The molecule has 0 aliphatic heterocycles. The molecule has 0 spiro atoms. The summed E-state index contributed by atoms with van der Waals surface area (Å²) in [4.78, 5) is 19.9. The second kappa shape index (κ2) is 6.79. The molecule has 7 heteroatoms. The van der Waals surface area contributed by atoms with Crippen LogP contribution in [0.3, 0.4) is 0 Å². The van der Waals surface area contributed by atoms with Crippen molar-refractivity contribution in [3.63, 3.8) is 0 Å². The summed E-state index contributed by atoms with van der Waals surface area (Å²) in [6.45, 7) is 0. The van der Waals surface area contributed by atoms with Gasteiger partial charge in [0, 0.05) is 33.4 Å². The van der Waals surface area contributed by atoms with E-state index in [0.29, 0.717) is 22.0 Å². The number of aromatic nitrogens is 2. The Bertz CT molecular complexity index is 1380. The highest BCUT2D eigenvalue weighted by atomic mass is 32.1. The zero-order valence-electron chi connectivity index (χ0n) is 14.5. The Morgan fingerprint density at radius 2 is 2.00 bits per heavy atom. The maximum Gasteiger partial charge on any atom is 0.345 e. The fourth-order valence-corrected chi connectivity index (χ4v) is 3.71. The highest BCUT2D eigenvalue weighted by Gasteiger charge is 2.11. The van der Waals surface area contributed by atoms with Gasteiger partial charge in [0.1, 0.15) is 5.58 Å². The van der Waals surface area contributed by atoms with Crippen LogP contribution in [0.5, 0.6) is 0 Å². The predicted octanol–water partition coefficient (Wildman–Crippen LogP) is 4.84. The molecule has 0 radical (unpaired) electrons. The maximum absolute atomic E-state index is 12.3. The third kappa shape index (κ3) is 2.97. The van der Waals surface area contributed by atoms with Crippen LogP contribution in [0.2, 0.25) is 0 Å². The molecular formula is C21H14N4O2S. The molecular weight excluding hydrogens is 372 g/mol. The number of nitrogens with one attached hydrogen (secondary N) is 2. The van der Waals surface area contributed by atoms with E-state index in [2.05, 4.69) is 20.5 Å². The minimum atomic E-state index is -0.405. The summed E-state index contributed by atoms with van der Waals surface area (Å²) in [5.74, 6) is 0. The number of H-pyrrole nitrogens is 1. The van der Waals surface area contributed by atoms with Gasteiger partial charge < -0.3 is 9.40 Å². The van der Waals surface area contributed by atoms with Crippen molar-refractivity contribution >= 4 is 44.6 Å². The lowest BCUT2D eigenvalue weighted by Gasteiger charge is -1.99. The number of hydrogen-bond donors (Lipinski definition) is 2. The molecule has 5 aromatic rings. The standard InChI is InChI=1S/C21H14N4O2S/c26-20-16(9-13-5-1-4-8-19(13)27-20)18-12-28-21(24-18)25-23-11-14-10-22-17-7-3-2-6-15(14)17/h1-12,22H,(H,24,25)/b23-11-. The van der Waals surface area contributed by atoms with Gasteiger partial charge in [-0.05, 0) is 18.2 Å². The van der Waals surface area contributed by atoms with E-state index in [0.717, 1.165) is 21.9 Å². The minimum absolute atomic E-state index is 0.405. The van der Waals surface area contributed by atoms with E-state index in [4.69, 9.17) is 4.42 Å². The molecule has 3 aromatic heterocycles. The summed E-state index contributed by atoms with van der Waals surface area (Å²) >= 11 is 1.37. The van der Waals surface area contributed by atoms with E-state index in [-0.39, 0.29) is 0 Å². The van der Waals surface area contributed by atoms with Crippen molar-refractivity contribution in [3.05, 3.63) is 82.2 Å². The Kier molecular flexibility index (Phi) is 3.99. The van der Waals surface area contributed by atoms with Gasteiger partial charge in [0.05, 0.1) is 17.5 Å². The van der Waals surface area contributed by atoms with Crippen molar-refractivity contribution in [2.45, 2.75) is 0 Å². The van der Waals surface area contributed by atoms with E-state index in [1.165, 1.54) is 11.3 Å². The second-order valence-corrected chi connectivity index (χ2v) is 7.04. The van der Waals surface area contributed by atoms with E-state index in [1.54, 1.807) is 18.3 Å². The summed E-state index contributed by atoms with van der Waals surface area (Å²) in [6, 6.07) is 17.2. The molecule has 0 saturated carbocycles. The van der Waals surface area contributed by atoms with Crippen molar-refractivity contribution in [1.82, 2.24) is 9.97 Å². The molecule has 0 saturated heterocycles. The average Bonchev–Trinajstić information content (AvgIpc) is 3.35. The molecule has 0 bridgehead atoms. The average molecular weight is 386 g/mol. The smallest absolute Gasteiger partial charge is 0.345 e. The van der Waals surface area contributed by atoms with Crippen molar-refractivity contribution in [3.8, 4) is 11.3 Å². The topological polar surface area (TPSA) is 83.3 Å². The van der Waals surface area contributed by atoms with E-state index >= 15 is 0 Å². The molecule has 5 rings (SSSR count). The largest absolute Gasteiger partial charge is 0.422 e. The molecule has 0 aliphatic carbocycles. The van der Waals surface area contributed by atoms with E-state index < -0.39 is 5.63 Å². The molecule has 2 aromatic carbocycles. The van der Waals surface area contributed by atoms with Crippen LogP contribution in [0.15, 0.2) is 80.5 Å². The summed E-state index contributed by atoms with van der Waals surface area (Å²) in [5.41, 5.74) is 6.12. The third-order valence-electron chi connectivity index (χ3n) is 4.41. The van der Waals surface area contributed by atoms with Crippen LogP contribution in [0.4, 0.5) is 5.13 Å². The van der Waals surface area contributed by atoms with Crippen molar-refractivity contribution in [1.29, 1.82) is 0 Å². The molecule has 3 heterocycles. The van der Waals surface area contributed by atoms with Crippen LogP contribution in [-0.2, 0) is 0 Å². The molecule has 6 nitrogen and oxygen atoms in total. The Morgan fingerprint density at radius 1 is 1.14 bits per heavy atom. The molecule has 136 valence electrons. The Labute approximate surface area is 163 Å². The number of rotatable bonds is 4. The van der Waals surface area contributed by atoms with Gasteiger partial charge in [-0.2, -0.15) is 5.10 Å². The summed E-state index contributed by atoms with van der Waals surface area (Å²) in [5, 5.41) is 8.63. The third-order valence-corrected chi connectivity index (χ3v) is 5.15. The zero-order valence-corrected chi connectivity index (χ0v) is 15.4. The van der Waals surface area contributed by atoms with Crippen LogP contribution in [0.1, 0.15) is 5.56 Å². The quantitative estimate of drug-likeness (QED) is 0.263. The number of nitrogens with zero attached hydrogens (tertiary/aromatic N) is 2. The number of aromatic amines is 1. The first-order valence-corrected chi connectivity index (χ1v) is 9.50. The number of hydrogen-bond acceptors (Lipinski definition) is 6. The predicted molar refractivity (Wildman–Crippen MR) is 113 cm³/mol. The van der Waals surface area contributed by atoms with Crippen molar-refractivity contribution in [2.24, 2.45) is 5.10 Å². The van der Waals surface area contributed by atoms with Gasteiger partial charge in [-0.1, -0.05) is 36.4 Å². The second-order valence-electron chi connectivity index (χ2n) is 6.18. The lowest BCUT2D eigenvalue weighted by molar-refractivity contribution is 0.563. The highest BCUT2D eigenvalue weighted by molar-refractivity contribution is 7.14. The van der Waals surface area contributed by atoms with Gasteiger partial charge in [0.2, 0.25) is 5.13 Å². The molecule has 0 unspecified atom stereocenters. The monoisotopic (exact) mass is 386 g/mol. The first-order chi connectivity index (χ1) is 13.8. The molecule has 0 aliphatic rings. The van der Waals surface area contributed by atoms with Crippen LogP contribution < -0.4 is 11.1 Å². The van der Waals surface area contributed by atoms with Crippen LogP contribution in [-0.4, -0.2) is 16.2 Å². The fraction of sp³-hybridized carbons (Fsp3) is 0. The molecule has 2 N–H and O–H groups in total. The van der Waals surface area contributed by atoms with Gasteiger partial charge in [0.25, 0.3) is 0 Å². The molecule has 0 amide bonds. The number of fused-ring (bicyclic) bond motifs is 2. The molecule has 28 heavy (non-hydrogen) atoms. The highest BCUT2D eigenvalue weighted by Crippen LogP contribution is 2.25. The Balaban J connectivity index is 1.39. The molecule has 0 fully saturated rings. The Hall–Kier alpha value is -3.71. The number of thiazole rings is 1. The zero-order chi connectivity index (χ0) is 18.9. The van der Waals surface area contributed by atoms with Crippen molar-refractivity contribution < 1.29 is 4.42 Å². The normalized spacial score (nSPS) is 11.6. The number of hydrazone groups is 1. The maximum atomic E-state index is 12.3. The van der Waals surface area contributed by atoms with E-state index in [1.807, 2.05) is 54.0 Å². The van der Waals surface area contributed by atoms with Gasteiger partial charge in [-0.3, -0.25) is 5.43 Å². The Morgan fingerprint density at radius 3 is 2.96 bits per heavy atom. The first-order valence-electron chi connectivity index (χ1n) is 8.62. The van der Waals surface area contributed by atoms with Crippen molar-refractivity contribution in [2.75, 3.05) is 5.43 Å². The van der Waals surface area contributed by atoms with Crippen LogP contribution in [0.25, 0.3) is 33.1 Å². The minimum Gasteiger partial charge on any atom is -0.422 e. The van der Waals surface area contributed by atoms with Gasteiger partial charge in [-0.25, -0.2) is 9.78 Å². The first kappa shape index (κ1) is 16.5. The fourth-order valence-electron chi connectivity index (χ4n) is 3.05. The van der Waals surface area contributed by atoms with Crippen LogP contribution >= 0.6 is 11.3 Å². The molecule has 0 atom stereocenters. The number of benzene rings is 2. The summed E-state index contributed by atoms with van der Waals surface area (Å²) in [6.07, 6.45) is 3.65. The number of para-hydroxylation sites is 2. The van der Waals surface area contributed by atoms with E-state index in [9.17, 15) is 4.79 Å². The summed E-state index contributed by atoms with van der Waals surface area (Å²) < 4.78 is 5.38. The van der Waals surface area contributed by atoms with Gasteiger partial charge in [-0.15, -0.1) is 11.3 Å².